The second kappa shape index (κ2) is 9.74. The van der Waals surface area contributed by atoms with Gasteiger partial charge in [0.2, 0.25) is 0 Å². The second-order valence-corrected chi connectivity index (χ2v) is 11.4. The number of aryl methyl sites for hydroxylation is 1. The van der Waals surface area contributed by atoms with Crippen LogP contribution in [0.4, 0.5) is 5.82 Å². The molecule has 2 aliphatic rings. The van der Waals surface area contributed by atoms with Gasteiger partial charge in [-0.3, -0.25) is 9.59 Å². The number of H-pyrrole nitrogens is 1. The molecule has 7 nitrogen and oxygen atoms in total. The van der Waals surface area contributed by atoms with Gasteiger partial charge in [-0.25, -0.2) is 4.98 Å². The third-order valence-electron chi connectivity index (χ3n) is 6.94. The van der Waals surface area contributed by atoms with Crippen molar-refractivity contribution in [3.8, 4) is 11.5 Å². The molecule has 5 rings (SSSR count). The van der Waals surface area contributed by atoms with E-state index in [0.29, 0.717) is 52.2 Å². The number of carbonyl (C=O) groups is 1. The summed E-state index contributed by atoms with van der Waals surface area (Å²) < 4.78 is 10.9. The van der Waals surface area contributed by atoms with Crippen LogP contribution >= 0.6 is 11.8 Å². The molecule has 1 atom stereocenters. The number of hydrogen-bond donors (Lipinski definition) is 2. The first-order valence-electron chi connectivity index (χ1n) is 12.3. The molecule has 37 heavy (non-hydrogen) atoms. The lowest BCUT2D eigenvalue weighted by molar-refractivity contribution is -0.118. The average Bonchev–Trinajstić information content (AvgIpc) is 2.86. The summed E-state index contributed by atoms with van der Waals surface area (Å²) in [6.07, 6.45) is 1.11. The summed E-state index contributed by atoms with van der Waals surface area (Å²) in [6.45, 7) is 6.23. The van der Waals surface area contributed by atoms with Crippen LogP contribution in [0.3, 0.4) is 0 Å². The molecular weight excluding hydrogens is 486 g/mol. The molecular formula is C29H31N3O4S. The highest BCUT2D eigenvalue weighted by Gasteiger charge is 2.42. The van der Waals surface area contributed by atoms with Crippen LogP contribution in [0.15, 0.2) is 63.7 Å². The van der Waals surface area contributed by atoms with Crippen molar-refractivity contribution in [2.45, 2.75) is 50.4 Å². The molecule has 0 fully saturated rings. The zero-order valence-electron chi connectivity index (χ0n) is 21.7. The van der Waals surface area contributed by atoms with Gasteiger partial charge in [0, 0.05) is 29.4 Å². The number of rotatable bonds is 6. The maximum Gasteiger partial charge on any atom is 0.257 e. The van der Waals surface area contributed by atoms with Crippen LogP contribution in [-0.4, -0.2) is 30.0 Å². The Labute approximate surface area is 220 Å². The third-order valence-corrected chi connectivity index (χ3v) is 7.88. The molecule has 0 amide bonds. The van der Waals surface area contributed by atoms with Gasteiger partial charge in [0.25, 0.3) is 5.56 Å². The Morgan fingerprint density at radius 2 is 1.76 bits per heavy atom. The molecule has 0 saturated carbocycles. The molecule has 192 valence electrons. The number of aromatic amines is 1. The average molecular weight is 518 g/mol. The number of methoxy groups -OCH3 is 2. The van der Waals surface area contributed by atoms with Gasteiger partial charge in [-0.15, -0.1) is 0 Å². The highest BCUT2D eigenvalue weighted by molar-refractivity contribution is 7.98. The lowest BCUT2D eigenvalue weighted by atomic mass is 9.69. The van der Waals surface area contributed by atoms with Crippen molar-refractivity contribution in [1.29, 1.82) is 0 Å². The van der Waals surface area contributed by atoms with E-state index in [2.05, 4.69) is 55.3 Å². The first-order chi connectivity index (χ1) is 17.7. The number of thioether (sulfide) groups is 1. The number of Topliss-reactive ketones (excluding diaryl/α,β-unsaturated/α-hetero) is 1. The molecule has 8 heteroatoms. The maximum absolute atomic E-state index is 13.6. The number of ketones is 1. The first-order valence-corrected chi connectivity index (χ1v) is 13.3. The van der Waals surface area contributed by atoms with Gasteiger partial charge in [0.1, 0.15) is 5.82 Å². The Bertz CT molecular complexity index is 1460. The van der Waals surface area contributed by atoms with Gasteiger partial charge in [-0.05, 0) is 42.0 Å². The highest BCUT2D eigenvalue weighted by Crippen LogP contribution is 2.48. The SMILES string of the molecule is COc1ccc(C2C3=C(CC(C)(C)CC3=O)Nc3nc(SCc4ccc(C)cc4)[nH]c(=O)c32)cc1OC. The number of allylic oxidation sites excluding steroid dienone is 2. The predicted octanol–water partition coefficient (Wildman–Crippen LogP) is 5.59. The molecule has 0 bridgehead atoms. The van der Waals surface area contributed by atoms with Crippen LogP contribution in [0.25, 0.3) is 0 Å². The highest BCUT2D eigenvalue weighted by atomic mass is 32.2. The van der Waals surface area contributed by atoms with Crippen molar-refractivity contribution in [2.75, 3.05) is 19.5 Å². The van der Waals surface area contributed by atoms with E-state index >= 15 is 0 Å². The van der Waals surface area contributed by atoms with Crippen LogP contribution in [0.1, 0.15) is 54.9 Å². The van der Waals surface area contributed by atoms with Crippen LogP contribution in [0.2, 0.25) is 0 Å². The van der Waals surface area contributed by atoms with E-state index < -0.39 is 5.92 Å². The maximum atomic E-state index is 13.6. The van der Waals surface area contributed by atoms with E-state index in [9.17, 15) is 9.59 Å². The Balaban J connectivity index is 1.60. The Hall–Kier alpha value is -3.52. The minimum atomic E-state index is -0.554. The third kappa shape index (κ3) is 4.90. The first kappa shape index (κ1) is 25.1. The number of fused-ring (bicyclic) bond motifs is 1. The summed E-state index contributed by atoms with van der Waals surface area (Å²) >= 11 is 1.48. The monoisotopic (exact) mass is 517 g/mol. The van der Waals surface area contributed by atoms with Crippen molar-refractivity contribution in [3.63, 3.8) is 0 Å². The van der Waals surface area contributed by atoms with Gasteiger partial charge < -0.3 is 19.8 Å². The Kier molecular flexibility index (Phi) is 6.62. The minimum absolute atomic E-state index is 0.0430. The van der Waals surface area contributed by atoms with Crippen molar-refractivity contribution in [1.82, 2.24) is 9.97 Å². The van der Waals surface area contributed by atoms with Gasteiger partial charge in [0.15, 0.2) is 22.4 Å². The minimum Gasteiger partial charge on any atom is -0.493 e. The number of nitrogens with one attached hydrogen (secondary N) is 2. The quantitative estimate of drug-likeness (QED) is 0.325. The molecule has 1 aromatic heterocycles. The van der Waals surface area contributed by atoms with Crippen molar-refractivity contribution in [3.05, 3.63) is 86.3 Å². The predicted molar refractivity (Wildman–Crippen MR) is 146 cm³/mol. The van der Waals surface area contributed by atoms with Crippen molar-refractivity contribution in [2.24, 2.45) is 5.41 Å². The molecule has 2 aromatic carbocycles. The number of ether oxygens (including phenoxy) is 2. The van der Waals surface area contributed by atoms with Gasteiger partial charge in [0.05, 0.1) is 19.8 Å². The summed E-state index contributed by atoms with van der Waals surface area (Å²) in [5, 5.41) is 3.92. The molecule has 2 N–H and O–H groups in total. The topological polar surface area (TPSA) is 93.3 Å². The molecule has 0 spiro atoms. The molecule has 3 aromatic rings. The number of carbonyl (C=O) groups excluding carboxylic acids is 1. The van der Waals surface area contributed by atoms with E-state index in [4.69, 9.17) is 14.5 Å². The van der Waals surface area contributed by atoms with Gasteiger partial charge >= 0.3 is 0 Å². The van der Waals surface area contributed by atoms with E-state index in [0.717, 1.165) is 16.8 Å². The summed E-state index contributed by atoms with van der Waals surface area (Å²) in [7, 11) is 3.15. The lowest BCUT2D eigenvalue weighted by Gasteiger charge is -2.38. The van der Waals surface area contributed by atoms with Crippen molar-refractivity contribution < 1.29 is 14.3 Å². The molecule has 0 radical (unpaired) electrons. The fraction of sp³-hybridized carbons (Fsp3) is 0.345. The summed E-state index contributed by atoms with van der Waals surface area (Å²) in [6, 6.07) is 13.8. The normalized spacial score (nSPS) is 18.1. The van der Waals surface area contributed by atoms with Crippen LogP contribution in [0.5, 0.6) is 11.5 Å². The molecule has 1 aliphatic heterocycles. The molecule has 0 saturated heterocycles. The van der Waals surface area contributed by atoms with Gasteiger partial charge in [-0.1, -0.05) is 61.5 Å². The fourth-order valence-corrected chi connectivity index (χ4v) is 5.98. The van der Waals surface area contributed by atoms with Gasteiger partial charge in [-0.2, -0.15) is 0 Å². The summed E-state index contributed by atoms with van der Waals surface area (Å²) in [5.74, 6) is 1.80. The second-order valence-electron chi connectivity index (χ2n) is 10.4. The summed E-state index contributed by atoms with van der Waals surface area (Å²) in [4.78, 5) is 34.8. The van der Waals surface area contributed by atoms with E-state index in [1.165, 1.54) is 17.3 Å². The summed E-state index contributed by atoms with van der Waals surface area (Å²) in [5.41, 5.74) is 4.60. The van der Waals surface area contributed by atoms with Crippen LogP contribution < -0.4 is 20.3 Å². The largest absolute Gasteiger partial charge is 0.493 e. The Morgan fingerprint density at radius 3 is 2.46 bits per heavy atom. The smallest absolute Gasteiger partial charge is 0.257 e. The molecule has 1 aliphatic carbocycles. The molecule has 2 heterocycles. The lowest BCUT2D eigenvalue weighted by Crippen LogP contribution is -2.37. The molecule has 1 unspecified atom stereocenters. The van der Waals surface area contributed by atoms with Crippen molar-refractivity contribution >= 4 is 23.4 Å². The zero-order valence-corrected chi connectivity index (χ0v) is 22.5. The standard InChI is InChI=1S/C29H31N3O4S/c1-16-6-8-17(9-7-16)15-37-28-31-26-25(27(34)32-28)23(18-10-11-21(35-4)22(12-18)36-5)24-19(30-26)13-29(2,3)14-20(24)33/h6-12,23H,13-15H2,1-5H3,(H2,30,31,32,34). The number of benzene rings is 2. The fourth-order valence-electron chi connectivity index (χ4n) is 5.16. The van der Waals surface area contributed by atoms with E-state index in [1.807, 2.05) is 12.1 Å². The number of nitrogens with zero attached hydrogens (tertiary/aromatic N) is 1. The van der Waals surface area contributed by atoms with E-state index in [-0.39, 0.29) is 16.8 Å². The number of anilines is 1. The van der Waals surface area contributed by atoms with Crippen LogP contribution in [0, 0.1) is 12.3 Å². The number of hydrogen-bond acceptors (Lipinski definition) is 7. The Morgan fingerprint density at radius 1 is 1.03 bits per heavy atom. The number of aromatic nitrogens is 2. The zero-order chi connectivity index (χ0) is 26.3. The van der Waals surface area contributed by atoms with Crippen LogP contribution in [-0.2, 0) is 10.5 Å². The van der Waals surface area contributed by atoms with E-state index in [1.54, 1.807) is 20.3 Å².